The number of nitrogens with two attached hydrogens (primary N) is 1. The molecule has 1 rings (SSSR count). The monoisotopic (exact) mass is 256 g/mol. The molecule has 18 heavy (non-hydrogen) atoms. The van der Waals surface area contributed by atoms with E-state index in [4.69, 9.17) is 5.73 Å². The lowest BCUT2D eigenvalue weighted by Gasteiger charge is -2.21. The summed E-state index contributed by atoms with van der Waals surface area (Å²) in [6.07, 6.45) is -2.35. The molecule has 0 amide bonds. The molecule has 2 nitrogen and oxygen atoms in total. The van der Waals surface area contributed by atoms with Crippen LogP contribution in [0.3, 0.4) is 0 Å². The number of hydrogen-bond acceptors (Lipinski definition) is 2. The largest absolute Gasteiger partial charge is 0.329 e. The van der Waals surface area contributed by atoms with Crippen molar-refractivity contribution in [2.75, 3.05) is 13.1 Å². The van der Waals surface area contributed by atoms with E-state index in [1.54, 1.807) is 0 Å². The normalized spacial score (nSPS) is 13.9. The van der Waals surface area contributed by atoms with E-state index in [0.29, 0.717) is 6.54 Å². The van der Waals surface area contributed by atoms with E-state index >= 15 is 0 Å². The SMILES string of the molecule is CC(C)(C)c1ccc(C(CN)NCC(F)F)cc1. The van der Waals surface area contributed by atoms with Crippen molar-refractivity contribution in [2.45, 2.75) is 38.7 Å². The third-order valence-corrected chi connectivity index (χ3v) is 2.93. The van der Waals surface area contributed by atoms with E-state index in [1.165, 1.54) is 5.56 Å². The first-order valence-corrected chi connectivity index (χ1v) is 6.16. The quantitative estimate of drug-likeness (QED) is 0.850. The molecule has 1 unspecified atom stereocenters. The van der Waals surface area contributed by atoms with Gasteiger partial charge in [-0.3, -0.25) is 0 Å². The van der Waals surface area contributed by atoms with Crippen LogP contribution in [0, 0.1) is 0 Å². The highest BCUT2D eigenvalue weighted by molar-refractivity contribution is 5.29. The molecule has 0 aromatic heterocycles. The molecule has 1 atom stereocenters. The lowest BCUT2D eigenvalue weighted by atomic mass is 9.86. The van der Waals surface area contributed by atoms with Crippen LogP contribution in [0.25, 0.3) is 0 Å². The van der Waals surface area contributed by atoms with Crippen molar-refractivity contribution in [2.24, 2.45) is 5.73 Å². The van der Waals surface area contributed by atoms with Gasteiger partial charge in [-0.05, 0) is 16.5 Å². The van der Waals surface area contributed by atoms with Crippen molar-refractivity contribution in [3.05, 3.63) is 35.4 Å². The summed E-state index contributed by atoms with van der Waals surface area (Å²) in [4.78, 5) is 0. The summed E-state index contributed by atoms with van der Waals surface area (Å²) < 4.78 is 24.3. The van der Waals surface area contributed by atoms with Crippen LogP contribution >= 0.6 is 0 Å². The number of benzene rings is 1. The van der Waals surface area contributed by atoms with E-state index in [-0.39, 0.29) is 18.0 Å². The van der Waals surface area contributed by atoms with Crippen LogP contribution in [-0.2, 0) is 5.41 Å². The summed E-state index contributed by atoms with van der Waals surface area (Å²) >= 11 is 0. The number of hydrogen-bond donors (Lipinski definition) is 2. The number of halogens is 2. The van der Waals surface area contributed by atoms with Gasteiger partial charge < -0.3 is 11.1 Å². The Bertz CT molecular complexity index is 355. The fourth-order valence-electron chi connectivity index (χ4n) is 1.78. The second-order valence-electron chi connectivity index (χ2n) is 5.46. The predicted molar refractivity (Wildman–Crippen MR) is 70.9 cm³/mol. The van der Waals surface area contributed by atoms with Crippen molar-refractivity contribution < 1.29 is 8.78 Å². The minimum absolute atomic E-state index is 0.0904. The average Bonchev–Trinajstić information content (AvgIpc) is 2.29. The van der Waals surface area contributed by atoms with Crippen molar-refractivity contribution >= 4 is 0 Å². The first kappa shape index (κ1) is 15.1. The van der Waals surface area contributed by atoms with Gasteiger partial charge in [0, 0.05) is 12.6 Å². The molecule has 0 radical (unpaired) electrons. The number of alkyl halides is 2. The minimum Gasteiger partial charge on any atom is -0.329 e. The van der Waals surface area contributed by atoms with Crippen molar-refractivity contribution in [1.29, 1.82) is 0 Å². The zero-order chi connectivity index (χ0) is 13.8. The summed E-state index contributed by atoms with van der Waals surface area (Å²) in [5.41, 5.74) is 7.87. The third-order valence-electron chi connectivity index (χ3n) is 2.93. The Morgan fingerprint density at radius 1 is 1.17 bits per heavy atom. The lowest BCUT2D eigenvalue weighted by Crippen LogP contribution is -2.31. The van der Waals surface area contributed by atoms with Crippen LogP contribution in [0.15, 0.2) is 24.3 Å². The molecule has 0 saturated heterocycles. The summed E-state index contributed by atoms with van der Waals surface area (Å²) in [6.45, 7) is 6.39. The molecule has 0 heterocycles. The molecular formula is C14H22F2N2. The molecule has 0 aliphatic carbocycles. The van der Waals surface area contributed by atoms with Gasteiger partial charge in [-0.25, -0.2) is 8.78 Å². The fraction of sp³-hybridized carbons (Fsp3) is 0.571. The zero-order valence-corrected chi connectivity index (χ0v) is 11.2. The Morgan fingerprint density at radius 2 is 1.72 bits per heavy atom. The van der Waals surface area contributed by atoms with Crippen molar-refractivity contribution in [1.82, 2.24) is 5.32 Å². The van der Waals surface area contributed by atoms with Gasteiger partial charge in [-0.15, -0.1) is 0 Å². The molecule has 3 N–H and O–H groups in total. The van der Waals surface area contributed by atoms with E-state index < -0.39 is 6.43 Å². The van der Waals surface area contributed by atoms with Crippen LogP contribution < -0.4 is 11.1 Å². The Kier molecular flexibility index (Phi) is 5.23. The molecule has 4 heteroatoms. The maximum atomic E-state index is 12.2. The lowest BCUT2D eigenvalue weighted by molar-refractivity contribution is 0.141. The summed E-state index contributed by atoms with van der Waals surface area (Å²) in [6, 6.07) is 7.75. The molecule has 1 aromatic rings. The highest BCUT2D eigenvalue weighted by atomic mass is 19.3. The van der Waals surface area contributed by atoms with E-state index in [0.717, 1.165) is 5.56 Å². The smallest absolute Gasteiger partial charge is 0.250 e. The average molecular weight is 256 g/mol. The number of rotatable bonds is 5. The molecule has 0 aliphatic heterocycles. The van der Waals surface area contributed by atoms with Gasteiger partial charge in [-0.2, -0.15) is 0 Å². The van der Waals surface area contributed by atoms with Crippen LogP contribution in [-0.4, -0.2) is 19.5 Å². The molecule has 0 bridgehead atoms. The van der Waals surface area contributed by atoms with Crippen molar-refractivity contribution in [3.8, 4) is 0 Å². The van der Waals surface area contributed by atoms with Gasteiger partial charge in [0.1, 0.15) is 0 Å². The van der Waals surface area contributed by atoms with Crippen LogP contribution in [0.5, 0.6) is 0 Å². The molecular weight excluding hydrogens is 234 g/mol. The Hall–Kier alpha value is -1.00. The molecule has 0 fully saturated rings. The van der Waals surface area contributed by atoms with Gasteiger partial charge in [-0.1, -0.05) is 45.0 Å². The molecule has 1 aromatic carbocycles. The highest BCUT2D eigenvalue weighted by Crippen LogP contribution is 2.23. The van der Waals surface area contributed by atoms with Crippen LogP contribution in [0.2, 0.25) is 0 Å². The van der Waals surface area contributed by atoms with Crippen molar-refractivity contribution in [3.63, 3.8) is 0 Å². The van der Waals surface area contributed by atoms with Gasteiger partial charge in [0.2, 0.25) is 0 Å². The predicted octanol–water partition coefficient (Wildman–Crippen LogP) is 2.84. The van der Waals surface area contributed by atoms with Crippen LogP contribution in [0.4, 0.5) is 8.78 Å². The van der Waals surface area contributed by atoms with E-state index in [2.05, 4.69) is 26.1 Å². The first-order chi connectivity index (χ1) is 8.34. The summed E-state index contributed by atoms with van der Waals surface area (Å²) in [5.74, 6) is 0. The van der Waals surface area contributed by atoms with Gasteiger partial charge >= 0.3 is 0 Å². The molecule has 0 spiro atoms. The maximum Gasteiger partial charge on any atom is 0.250 e. The minimum atomic E-state index is -2.35. The highest BCUT2D eigenvalue weighted by Gasteiger charge is 2.15. The molecule has 0 aliphatic rings. The maximum absolute atomic E-state index is 12.2. The summed E-state index contributed by atoms with van der Waals surface area (Å²) in [7, 11) is 0. The standard InChI is InChI=1S/C14H22F2N2/c1-14(2,3)11-6-4-10(5-7-11)12(8-17)18-9-13(15)16/h4-7,12-13,18H,8-9,17H2,1-3H3. The second-order valence-corrected chi connectivity index (χ2v) is 5.46. The van der Waals surface area contributed by atoms with Gasteiger partial charge in [0.25, 0.3) is 6.43 Å². The third kappa shape index (κ3) is 4.35. The molecule has 102 valence electrons. The Balaban J connectivity index is 2.76. The van der Waals surface area contributed by atoms with E-state index in [1.807, 2.05) is 24.3 Å². The first-order valence-electron chi connectivity index (χ1n) is 6.16. The molecule has 0 saturated carbocycles. The van der Waals surface area contributed by atoms with E-state index in [9.17, 15) is 8.78 Å². The van der Waals surface area contributed by atoms with Gasteiger partial charge in [0.05, 0.1) is 6.54 Å². The Labute approximate surface area is 108 Å². The fourth-order valence-corrected chi connectivity index (χ4v) is 1.78. The Morgan fingerprint density at radius 3 is 2.11 bits per heavy atom. The zero-order valence-electron chi connectivity index (χ0n) is 11.2. The topological polar surface area (TPSA) is 38.0 Å². The van der Waals surface area contributed by atoms with Gasteiger partial charge in [0.15, 0.2) is 0 Å². The summed E-state index contributed by atoms with van der Waals surface area (Å²) in [5, 5.41) is 2.77. The second kappa shape index (κ2) is 6.25. The van der Waals surface area contributed by atoms with Crippen LogP contribution in [0.1, 0.15) is 37.9 Å². The number of nitrogens with one attached hydrogen (secondary N) is 1.